The van der Waals surface area contributed by atoms with Crippen LogP contribution in [0.1, 0.15) is 114 Å². The molecule has 60 heavy (non-hydrogen) atoms. The van der Waals surface area contributed by atoms with E-state index >= 15 is 0 Å². The number of oxime groups is 2. The summed E-state index contributed by atoms with van der Waals surface area (Å²) < 4.78 is 41.2. The number of allylic oxidation sites excluding steroid dienone is 2. The van der Waals surface area contributed by atoms with Gasteiger partial charge < -0.3 is 20.7 Å². The molecule has 0 aromatic heterocycles. The minimum Gasteiger partial charge on any atom is -0.410 e. The third-order valence-corrected chi connectivity index (χ3v) is 10.3. The van der Waals surface area contributed by atoms with Crippen molar-refractivity contribution >= 4 is 75.2 Å². The van der Waals surface area contributed by atoms with E-state index in [1.54, 1.807) is 13.0 Å². The number of halogens is 7. The molecular weight excluding hydrogens is 859 g/mol. The molecule has 5 rings (SSSR count). The van der Waals surface area contributed by atoms with E-state index in [9.17, 15) is 28.0 Å². The van der Waals surface area contributed by atoms with Crippen molar-refractivity contribution in [3.63, 3.8) is 0 Å². The number of carbonyl (C=O) groups excluding carboxylic acids is 2. The van der Waals surface area contributed by atoms with E-state index in [4.69, 9.17) is 51.2 Å². The van der Waals surface area contributed by atoms with Crippen LogP contribution in [0.5, 0.6) is 0 Å². The van der Waals surface area contributed by atoms with E-state index in [1.807, 2.05) is 51.1 Å². The van der Waals surface area contributed by atoms with E-state index in [2.05, 4.69) is 27.9 Å². The Balaban J connectivity index is 0.000000316. The highest BCUT2D eigenvalue weighted by molar-refractivity contribution is 6.35. The molecule has 1 heterocycles. The summed E-state index contributed by atoms with van der Waals surface area (Å²) in [5, 5.41) is 23.7. The molecule has 8 nitrogen and oxygen atoms in total. The molecule has 15 heteroatoms. The lowest BCUT2D eigenvalue weighted by atomic mass is 9.88. The third-order valence-electron chi connectivity index (χ3n) is 9.41. The second-order valence-electron chi connectivity index (χ2n) is 14.2. The number of hydrogen-bond acceptors (Lipinski definition) is 6. The molecule has 322 valence electrons. The Morgan fingerprint density at radius 3 is 1.77 bits per heavy atom. The fraction of sp³-hybridized carbons (Fsp3) is 0.333. The van der Waals surface area contributed by atoms with Gasteiger partial charge in [0.1, 0.15) is 5.71 Å². The molecule has 0 fully saturated rings. The van der Waals surface area contributed by atoms with Gasteiger partial charge in [0.15, 0.2) is 5.60 Å². The van der Waals surface area contributed by atoms with Crippen LogP contribution in [-0.2, 0) is 10.4 Å². The number of rotatable bonds is 13. The van der Waals surface area contributed by atoms with Gasteiger partial charge >= 0.3 is 6.18 Å². The molecule has 1 unspecified atom stereocenters. The van der Waals surface area contributed by atoms with Crippen LogP contribution in [0, 0.1) is 13.8 Å². The van der Waals surface area contributed by atoms with Crippen LogP contribution < -0.4 is 10.6 Å². The average Bonchev–Trinajstić information content (AvgIpc) is 3.57. The fourth-order valence-corrected chi connectivity index (χ4v) is 7.23. The van der Waals surface area contributed by atoms with Crippen LogP contribution in [0.15, 0.2) is 89.2 Å². The van der Waals surface area contributed by atoms with Gasteiger partial charge in [-0.25, -0.2) is 0 Å². The molecule has 0 spiro atoms. The second-order valence-corrected chi connectivity index (χ2v) is 15.9. The molecule has 2 amide bonds. The number of nitrogens with one attached hydrogen (secondary N) is 2. The molecule has 4 aromatic rings. The minimum atomic E-state index is -4.77. The van der Waals surface area contributed by atoms with Crippen molar-refractivity contribution in [2.75, 3.05) is 13.1 Å². The molecule has 0 radical (unpaired) electrons. The van der Waals surface area contributed by atoms with Crippen molar-refractivity contribution in [3.05, 3.63) is 143 Å². The molecule has 1 aliphatic rings. The van der Waals surface area contributed by atoms with Crippen molar-refractivity contribution in [3.8, 4) is 0 Å². The van der Waals surface area contributed by atoms with Gasteiger partial charge in [0.25, 0.3) is 11.8 Å². The lowest BCUT2D eigenvalue weighted by Crippen LogP contribution is -2.25. The first kappa shape index (κ1) is 49.8. The zero-order valence-corrected chi connectivity index (χ0v) is 36.2. The number of unbranched alkanes of at least 4 members (excludes halogenated alkanes) is 2. The predicted octanol–water partition coefficient (Wildman–Crippen LogP) is 13.2. The van der Waals surface area contributed by atoms with E-state index in [0.29, 0.717) is 52.3 Å². The Morgan fingerprint density at radius 2 is 1.30 bits per heavy atom. The highest BCUT2D eigenvalue weighted by Gasteiger charge is 2.38. The lowest BCUT2D eigenvalue weighted by molar-refractivity contribution is -0.0688. The van der Waals surface area contributed by atoms with Crippen LogP contribution in [0.2, 0.25) is 20.1 Å². The van der Waals surface area contributed by atoms with Gasteiger partial charge in [-0.1, -0.05) is 103 Å². The van der Waals surface area contributed by atoms with Gasteiger partial charge in [-0.2, -0.15) is 13.2 Å². The summed E-state index contributed by atoms with van der Waals surface area (Å²) in [6.07, 6.45) is 0.321. The maximum atomic E-state index is 13.7. The Bertz CT molecular complexity index is 2220. The van der Waals surface area contributed by atoms with Crippen molar-refractivity contribution in [1.29, 1.82) is 0 Å². The van der Waals surface area contributed by atoms with Crippen LogP contribution >= 0.6 is 46.4 Å². The van der Waals surface area contributed by atoms with E-state index in [1.165, 1.54) is 24.3 Å². The number of benzene rings is 4. The normalized spacial score (nSPS) is 15.2. The monoisotopic (exact) mass is 906 g/mol. The highest BCUT2D eigenvalue weighted by atomic mass is 35.5. The number of nitrogens with zero attached hydrogens (tertiary/aromatic N) is 2. The molecule has 0 saturated heterocycles. The number of amides is 2. The van der Waals surface area contributed by atoms with Gasteiger partial charge in [0.05, 0.1) is 11.3 Å². The maximum Gasteiger partial charge on any atom is 0.417 e. The first-order chi connectivity index (χ1) is 27.9. The highest BCUT2D eigenvalue weighted by Crippen LogP contribution is 2.39. The Kier molecular flexibility index (Phi) is 18.5. The largest absolute Gasteiger partial charge is 0.417 e. The summed E-state index contributed by atoms with van der Waals surface area (Å²) in [7, 11) is 0. The number of alkyl halides is 3. The van der Waals surface area contributed by atoms with Crippen LogP contribution in [0.25, 0.3) is 5.57 Å². The van der Waals surface area contributed by atoms with Crippen LogP contribution in [0.4, 0.5) is 13.2 Å². The third kappa shape index (κ3) is 13.5. The smallest absolute Gasteiger partial charge is 0.410 e. The lowest BCUT2D eigenvalue weighted by Gasteiger charge is -2.22. The van der Waals surface area contributed by atoms with Gasteiger partial charge in [-0.15, -0.1) is 0 Å². The molecule has 0 saturated carbocycles. The summed E-state index contributed by atoms with van der Waals surface area (Å²) in [6.45, 7) is 10.9. The molecule has 1 atom stereocenters. The number of hydrogen-bond donors (Lipinski definition) is 3. The summed E-state index contributed by atoms with van der Waals surface area (Å²) in [6, 6.07) is 19.1. The van der Waals surface area contributed by atoms with Crippen LogP contribution in [0.3, 0.4) is 0 Å². The van der Waals surface area contributed by atoms with Gasteiger partial charge in [0.2, 0.25) is 0 Å². The Morgan fingerprint density at radius 1 is 0.800 bits per heavy atom. The average molecular weight is 909 g/mol. The summed E-state index contributed by atoms with van der Waals surface area (Å²) in [5.74, 6) is -0.319. The molecular formula is C45H49Cl4F3N4O4. The maximum absolute atomic E-state index is 13.7. The topological polar surface area (TPSA) is 112 Å². The van der Waals surface area contributed by atoms with E-state index < -0.39 is 17.4 Å². The quantitative estimate of drug-likeness (QED) is 0.0537. The number of carbonyl (C=O) groups is 2. The molecule has 4 aromatic carbocycles. The van der Waals surface area contributed by atoms with E-state index in [-0.39, 0.29) is 46.1 Å². The molecule has 1 aliphatic heterocycles. The molecule has 3 N–H and O–H groups in total. The summed E-state index contributed by atoms with van der Waals surface area (Å²) in [5.41, 5.74) is 3.07. The Labute approximate surface area is 369 Å². The predicted molar refractivity (Wildman–Crippen MR) is 238 cm³/mol. The van der Waals surface area contributed by atoms with Crippen molar-refractivity contribution < 1.29 is 32.8 Å². The number of aryl methyl sites for hydroxylation is 2. The summed E-state index contributed by atoms with van der Waals surface area (Å²) >= 11 is 24.0. The van der Waals surface area contributed by atoms with Crippen LogP contribution in [-0.4, -0.2) is 47.7 Å². The Hall–Kier alpha value is -4.55. The van der Waals surface area contributed by atoms with Crippen molar-refractivity contribution in [2.45, 2.75) is 85.9 Å². The van der Waals surface area contributed by atoms with Gasteiger partial charge in [0, 0.05) is 61.9 Å². The molecule has 0 aliphatic carbocycles. The van der Waals surface area contributed by atoms with Crippen molar-refractivity contribution in [1.82, 2.24) is 10.6 Å². The van der Waals surface area contributed by atoms with Gasteiger partial charge in [-0.3, -0.25) is 9.59 Å². The summed E-state index contributed by atoms with van der Waals surface area (Å²) in [4.78, 5) is 30.4. The van der Waals surface area contributed by atoms with Gasteiger partial charge in [-0.05, 0) is 123 Å². The standard InChI is InChI=1S/C22H21Cl2F3N2O2.C22H24Cl2N2O2.CH4/c1-3-4-7-28-21(30)18-6-5-14(8-13(18)2)20(29-31)12-19(22(25,26)27)15-9-16(23)11-17(24)10-15;1-4-5-8-25-21(27)19-7-6-15(9-14(19)2)20-13-22(3,28-26-20)16-10-17(23)12-18(24)11-16;/h5-6,8-12,31H,3-4,7H2,1-2H3,(H,28,30);6-7,9-12H,4-5,8,13H2,1-3H3,(H,25,27);1H4/b19-12-,29-20-;;. The van der Waals surface area contributed by atoms with E-state index in [0.717, 1.165) is 60.2 Å². The first-order valence-corrected chi connectivity index (χ1v) is 20.4. The zero-order chi connectivity index (χ0) is 43.5. The SMILES string of the molecule is C.CCCCNC(=O)c1ccc(C(/C=C(/c2cc(Cl)cc(Cl)c2)C(F)(F)F)=N\O)cc1C.CCCCNC(=O)c1ccc(C2=NOC(C)(c3cc(Cl)cc(Cl)c3)C2)cc1C. The zero-order valence-electron chi connectivity index (χ0n) is 33.2. The first-order valence-electron chi connectivity index (χ1n) is 18.9. The van der Waals surface area contributed by atoms with Crippen molar-refractivity contribution in [2.24, 2.45) is 10.3 Å². The fourth-order valence-electron chi connectivity index (χ4n) is 6.18. The minimum absolute atomic E-state index is 0. The second kappa shape index (κ2) is 22.3. The molecule has 0 bridgehead atoms.